The molecule has 5 nitrogen and oxygen atoms in total. The Morgan fingerprint density at radius 1 is 1.05 bits per heavy atom. The van der Waals surface area contributed by atoms with Gasteiger partial charge in [0.2, 0.25) is 11.0 Å². The molecule has 0 spiro atoms. The Morgan fingerprint density at radius 3 is 2.45 bits per heavy atom. The number of nitrogens with one attached hydrogen (secondary N) is 1. The molecule has 3 rings (SSSR count). The van der Waals surface area contributed by atoms with E-state index < -0.39 is 5.91 Å². The quantitative estimate of drug-likeness (QED) is 0.759. The van der Waals surface area contributed by atoms with Crippen LogP contribution in [-0.4, -0.2) is 16.1 Å². The summed E-state index contributed by atoms with van der Waals surface area (Å²) < 4.78 is 0. The molecule has 0 radical (unpaired) electrons. The largest absolute Gasteiger partial charge is 0.366 e. The minimum Gasteiger partial charge on any atom is -0.366 e. The summed E-state index contributed by atoms with van der Waals surface area (Å²) in [6, 6.07) is 17.1. The zero-order valence-corrected chi connectivity index (χ0v) is 12.5. The van der Waals surface area contributed by atoms with Crippen molar-refractivity contribution in [1.29, 1.82) is 0 Å². The van der Waals surface area contributed by atoms with Crippen LogP contribution in [0.1, 0.15) is 15.9 Å². The van der Waals surface area contributed by atoms with E-state index in [1.54, 1.807) is 12.1 Å². The summed E-state index contributed by atoms with van der Waals surface area (Å²) >= 11 is 1.51. The predicted octanol–water partition coefficient (Wildman–Crippen LogP) is 2.92. The first kappa shape index (κ1) is 14.2. The van der Waals surface area contributed by atoms with Crippen LogP contribution < -0.4 is 11.1 Å². The van der Waals surface area contributed by atoms with Crippen LogP contribution in [0, 0.1) is 0 Å². The van der Waals surface area contributed by atoms with E-state index in [1.165, 1.54) is 11.3 Å². The van der Waals surface area contributed by atoms with Gasteiger partial charge in [0, 0.05) is 17.7 Å². The average molecular weight is 310 g/mol. The third-order valence-corrected chi connectivity index (χ3v) is 4.06. The van der Waals surface area contributed by atoms with Gasteiger partial charge in [-0.3, -0.25) is 4.79 Å². The molecule has 0 saturated carbocycles. The first-order valence-corrected chi connectivity index (χ1v) is 7.55. The molecule has 1 amide bonds. The molecule has 22 heavy (non-hydrogen) atoms. The van der Waals surface area contributed by atoms with Crippen LogP contribution in [-0.2, 0) is 6.54 Å². The lowest BCUT2D eigenvalue weighted by Crippen LogP contribution is -2.10. The number of anilines is 1. The molecule has 0 unspecified atom stereocenters. The van der Waals surface area contributed by atoms with Crippen LogP contribution in [0.15, 0.2) is 54.6 Å². The summed E-state index contributed by atoms with van der Waals surface area (Å²) in [6.07, 6.45) is 0. The van der Waals surface area contributed by atoms with Crippen LogP contribution in [0.5, 0.6) is 0 Å². The van der Waals surface area contributed by atoms with Crippen molar-refractivity contribution in [2.45, 2.75) is 6.54 Å². The van der Waals surface area contributed by atoms with E-state index in [4.69, 9.17) is 5.73 Å². The number of carbonyl (C=O) groups excluding carboxylic acids is 1. The van der Waals surface area contributed by atoms with Crippen molar-refractivity contribution >= 4 is 22.4 Å². The van der Waals surface area contributed by atoms with Gasteiger partial charge in [-0.25, -0.2) is 0 Å². The molecule has 0 aliphatic rings. The molecule has 1 aromatic heterocycles. The van der Waals surface area contributed by atoms with Crippen LogP contribution in [0.25, 0.3) is 10.6 Å². The molecule has 110 valence electrons. The van der Waals surface area contributed by atoms with Crippen molar-refractivity contribution in [3.8, 4) is 10.6 Å². The predicted molar refractivity (Wildman–Crippen MR) is 87.6 cm³/mol. The highest BCUT2D eigenvalue weighted by Crippen LogP contribution is 2.26. The maximum Gasteiger partial charge on any atom is 0.248 e. The van der Waals surface area contributed by atoms with Crippen LogP contribution in [0.2, 0.25) is 0 Å². The van der Waals surface area contributed by atoms with Crippen LogP contribution >= 0.6 is 11.3 Å². The number of aromatic nitrogens is 2. The molecule has 3 N–H and O–H groups in total. The van der Waals surface area contributed by atoms with E-state index in [0.29, 0.717) is 12.1 Å². The number of carbonyl (C=O) groups is 1. The minimum atomic E-state index is -0.420. The summed E-state index contributed by atoms with van der Waals surface area (Å²) in [6.45, 7) is 0.614. The van der Waals surface area contributed by atoms with Crippen LogP contribution in [0.4, 0.5) is 5.13 Å². The lowest BCUT2D eigenvalue weighted by Gasteiger charge is -2.03. The van der Waals surface area contributed by atoms with E-state index in [-0.39, 0.29) is 0 Å². The third-order valence-electron chi connectivity index (χ3n) is 3.13. The van der Waals surface area contributed by atoms with Gasteiger partial charge in [-0.05, 0) is 17.7 Å². The highest BCUT2D eigenvalue weighted by atomic mass is 32.1. The smallest absolute Gasteiger partial charge is 0.248 e. The molecule has 1 heterocycles. The lowest BCUT2D eigenvalue weighted by molar-refractivity contribution is 0.100. The van der Waals surface area contributed by atoms with E-state index >= 15 is 0 Å². The number of hydrogen-bond acceptors (Lipinski definition) is 5. The fourth-order valence-electron chi connectivity index (χ4n) is 1.96. The van der Waals surface area contributed by atoms with Crippen molar-refractivity contribution in [3.05, 3.63) is 65.7 Å². The molecular formula is C16H14N4OS. The van der Waals surface area contributed by atoms with Crippen molar-refractivity contribution in [1.82, 2.24) is 10.2 Å². The molecule has 0 atom stereocenters. The summed E-state index contributed by atoms with van der Waals surface area (Å²) in [5, 5.41) is 13.2. The minimum absolute atomic E-state index is 0.420. The zero-order chi connectivity index (χ0) is 15.4. The van der Waals surface area contributed by atoms with Crippen molar-refractivity contribution in [3.63, 3.8) is 0 Å². The Balaban J connectivity index is 1.65. The van der Waals surface area contributed by atoms with Gasteiger partial charge in [-0.1, -0.05) is 53.8 Å². The summed E-state index contributed by atoms with van der Waals surface area (Å²) in [5.74, 6) is -0.420. The van der Waals surface area contributed by atoms with Gasteiger partial charge in [0.1, 0.15) is 5.01 Å². The topological polar surface area (TPSA) is 80.9 Å². The normalized spacial score (nSPS) is 10.4. The second-order valence-corrected chi connectivity index (χ2v) is 5.67. The van der Waals surface area contributed by atoms with E-state index in [2.05, 4.69) is 15.5 Å². The number of rotatable bonds is 5. The van der Waals surface area contributed by atoms with Crippen molar-refractivity contribution in [2.75, 3.05) is 5.32 Å². The number of nitrogens with two attached hydrogens (primary N) is 1. The van der Waals surface area contributed by atoms with Gasteiger partial charge in [0.05, 0.1) is 0 Å². The second kappa shape index (κ2) is 6.36. The maximum absolute atomic E-state index is 11.0. The molecule has 0 aliphatic heterocycles. The highest BCUT2D eigenvalue weighted by molar-refractivity contribution is 7.18. The standard InChI is InChI=1S/C16H14N4OS/c17-14(21)12-8-6-11(7-9-12)10-18-16-20-19-15(22-16)13-4-2-1-3-5-13/h1-9H,10H2,(H2,17,21)(H,18,20). The Kier molecular flexibility index (Phi) is 4.11. The zero-order valence-electron chi connectivity index (χ0n) is 11.7. The fourth-order valence-corrected chi connectivity index (χ4v) is 2.70. The summed E-state index contributed by atoms with van der Waals surface area (Å²) in [4.78, 5) is 11.0. The van der Waals surface area contributed by atoms with Gasteiger partial charge in [0.15, 0.2) is 0 Å². The molecular weight excluding hydrogens is 296 g/mol. The van der Waals surface area contributed by atoms with Crippen molar-refractivity contribution in [2.24, 2.45) is 5.73 Å². The SMILES string of the molecule is NC(=O)c1ccc(CNc2nnc(-c3ccccc3)s2)cc1. The second-order valence-electron chi connectivity index (χ2n) is 4.69. The van der Waals surface area contributed by atoms with Crippen LogP contribution in [0.3, 0.4) is 0 Å². The molecule has 3 aromatic rings. The number of benzene rings is 2. The van der Waals surface area contributed by atoms with Crippen molar-refractivity contribution < 1.29 is 4.79 Å². The monoisotopic (exact) mass is 310 g/mol. The van der Waals surface area contributed by atoms with Gasteiger partial charge < -0.3 is 11.1 Å². The first-order valence-electron chi connectivity index (χ1n) is 6.74. The average Bonchev–Trinajstić information content (AvgIpc) is 3.03. The summed E-state index contributed by atoms with van der Waals surface area (Å²) in [7, 11) is 0. The van der Waals surface area contributed by atoms with Gasteiger partial charge >= 0.3 is 0 Å². The Hall–Kier alpha value is -2.73. The number of primary amides is 1. The number of nitrogens with zero attached hydrogens (tertiary/aromatic N) is 2. The molecule has 6 heteroatoms. The Morgan fingerprint density at radius 2 is 1.77 bits per heavy atom. The Bertz CT molecular complexity index is 768. The molecule has 0 bridgehead atoms. The van der Waals surface area contributed by atoms with Gasteiger partial charge in [-0.15, -0.1) is 10.2 Å². The molecule has 0 saturated heterocycles. The lowest BCUT2D eigenvalue weighted by atomic mass is 10.1. The maximum atomic E-state index is 11.0. The first-order chi connectivity index (χ1) is 10.7. The fraction of sp³-hybridized carbons (Fsp3) is 0.0625. The van der Waals surface area contributed by atoms with E-state index in [9.17, 15) is 4.79 Å². The van der Waals surface area contributed by atoms with E-state index in [1.807, 2.05) is 42.5 Å². The number of hydrogen-bond donors (Lipinski definition) is 2. The van der Waals surface area contributed by atoms with Gasteiger partial charge in [-0.2, -0.15) is 0 Å². The molecule has 0 fully saturated rings. The van der Waals surface area contributed by atoms with E-state index in [0.717, 1.165) is 21.3 Å². The summed E-state index contributed by atoms with van der Waals surface area (Å²) in [5.41, 5.74) is 7.82. The van der Waals surface area contributed by atoms with Gasteiger partial charge in [0.25, 0.3) is 0 Å². The number of amides is 1. The Labute approximate surface area is 131 Å². The highest BCUT2D eigenvalue weighted by Gasteiger charge is 2.06. The molecule has 0 aliphatic carbocycles. The molecule has 2 aromatic carbocycles. The third kappa shape index (κ3) is 3.29.